The third-order valence-corrected chi connectivity index (χ3v) is 3.20. The molecule has 0 radical (unpaired) electrons. The monoisotopic (exact) mass is 270 g/mol. The lowest BCUT2D eigenvalue weighted by Crippen LogP contribution is -2.02. The van der Waals surface area contributed by atoms with E-state index >= 15 is 0 Å². The molecule has 0 atom stereocenters. The van der Waals surface area contributed by atoms with Crippen molar-refractivity contribution in [3.05, 3.63) is 34.1 Å². The smallest absolute Gasteiger partial charge is 0.165 e. The van der Waals surface area contributed by atoms with Crippen LogP contribution in [0.2, 0.25) is 0 Å². The zero-order chi connectivity index (χ0) is 10.8. The molecule has 0 heterocycles. The number of halogens is 2. The van der Waals surface area contributed by atoms with Gasteiger partial charge < -0.3 is 0 Å². The lowest BCUT2D eigenvalue weighted by molar-refractivity contribution is 0.0974. The Hall–Kier alpha value is -0.700. The molecule has 0 unspecified atom stereocenters. The van der Waals surface area contributed by atoms with Gasteiger partial charge in [0.25, 0.3) is 0 Å². The van der Waals surface area contributed by atoms with Gasteiger partial charge in [0.05, 0.1) is 5.56 Å². The fourth-order valence-corrected chi connectivity index (χ4v) is 1.93. The number of hydrogen-bond donors (Lipinski definition) is 0. The summed E-state index contributed by atoms with van der Waals surface area (Å²) < 4.78 is 14.1. The Bertz CT molecular complexity index is 385. The molecule has 1 aromatic rings. The molecule has 1 saturated carbocycles. The number of carbonyl (C=O) groups excluding carboxylic acids is 1. The first kappa shape index (κ1) is 10.8. The number of carbonyl (C=O) groups is 1. The number of benzene rings is 1. The zero-order valence-electron chi connectivity index (χ0n) is 8.30. The second-order valence-electron chi connectivity index (χ2n) is 4.03. The van der Waals surface area contributed by atoms with Crippen LogP contribution < -0.4 is 0 Å². The van der Waals surface area contributed by atoms with E-state index in [-0.39, 0.29) is 11.3 Å². The van der Waals surface area contributed by atoms with Gasteiger partial charge in [-0.2, -0.15) is 0 Å². The van der Waals surface area contributed by atoms with E-state index in [1.54, 1.807) is 12.1 Å². The molecule has 80 valence electrons. The van der Waals surface area contributed by atoms with Crippen LogP contribution in [0.3, 0.4) is 0 Å². The molecule has 0 saturated heterocycles. The first-order chi connectivity index (χ1) is 7.16. The molecule has 0 aliphatic heterocycles. The van der Waals surface area contributed by atoms with Gasteiger partial charge in [0.1, 0.15) is 5.82 Å². The maximum absolute atomic E-state index is 13.4. The van der Waals surface area contributed by atoms with E-state index < -0.39 is 5.82 Å². The SMILES string of the molecule is O=C(CCC1CC1)c1ccc(Br)cc1F. The summed E-state index contributed by atoms with van der Waals surface area (Å²) in [5.74, 6) is 0.213. The third-order valence-electron chi connectivity index (χ3n) is 2.71. The van der Waals surface area contributed by atoms with Crippen molar-refractivity contribution >= 4 is 21.7 Å². The minimum atomic E-state index is -0.426. The Morgan fingerprint density at radius 2 is 2.20 bits per heavy atom. The molecule has 0 spiro atoms. The van der Waals surface area contributed by atoms with Crippen LogP contribution in [0.5, 0.6) is 0 Å². The topological polar surface area (TPSA) is 17.1 Å². The summed E-state index contributed by atoms with van der Waals surface area (Å²) in [6.07, 6.45) is 3.85. The molecule has 1 aliphatic rings. The fraction of sp³-hybridized carbons (Fsp3) is 0.417. The van der Waals surface area contributed by atoms with Gasteiger partial charge in [0.15, 0.2) is 5.78 Å². The van der Waals surface area contributed by atoms with E-state index in [1.165, 1.54) is 18.9 Å². The van der Waals surface area contributed by atoms with E-state index in [0.717, 1.165) is 6.42 Å². The van der Waals surface area contributed by atoms with Crippen LogP contribution in [0.15, 0.2) is 22.7 Å². The molecule has 1 fully saturated rings. The molecule has 1 nitrogen and oxygen atoms in total. The van der Waals surface area contributed by atoms with Crippen molar-refractivity contribution in [2.24, 2.45) is 5.92 Å². The Labute approximate surface area is 96.8 Å². The third kappa shape index (κ3) is 2.88. The van der Waals surface area contributed by atoms with Gasteiger partial charge in [-0.15, -0.1) is 0 Å². The van der Waals surface area contributed by atoms with Crippen molar-refractivity contribution in [1.29, 1.82) is 0 Å². The molecule has 1 aliphatic carbocycles. The van der Waals surface area contributed by atoms with Gasteiger partial charge in [-0.3, -0.25) is 4.79 Å². The molecule has 0 N–H and O–H groups in total. The Morgan fingerprint density at radius 3 is 2.80 bits per heavy atom. The molecule has 1 aromatic carbocycles. The van der Waals surface area contributed by atoms with Crippen LogP contribution in [0, 0.1) is 11.7 Å². The minimum Gasteiger partial charge on any atom is -0.294 e. The average Bonchev–Trinajstić information content (AvgIpc) is 2.97. The molecular formula is C12H12BrFO. The van der Waals surface area contributed by atoms with Gasteiger partial charge >= 0.3 is 0 Å². The normalized spacial score (nSPS) is 15.3. The largest absolute Gasteiger partial charge is 0.294 e. The molecule has 0 aromatic heterocycles. The number of hydrogen-bond acceptors (Lipinski definition) is 1. The lowest BCUT2D eigenvalue weighted by atomic mass is 10.0. The maximum atomic E-state index is 13.4. The first-order valence-electron chi connectivity index (χ1n) is 5.15. The number of Topliss-reactive ketones (excluding diaryl/α,β-unsaturated/α-hetero) is 1. The highest BCUT2D eigenvalue weighted by Gasteiger charge is 2.22. The molecule has 15 heavy (non-hydrogen) atoms. The van der Waals surface area contributed by atoms with Crippen molar-refractivity contribution < 1.29 is 9.18 Å². The number of ketones is 1. The van der Waals surface area contributed by atoms with Gasteiger partial charge in [0.2, 0.25) is 0 Å². The summed E-state index contributed by atoms with van der Waals surface area (Å²) in [6, 6.07) is 4.59. The summed E-state index contributed by atoms with van der Waals surface area (Å²) in [4.78, 5) is 11.7. The molecule has 3 heteroatoms. The van der Waals surface area contributed by atoms with Crippen LogP contribution in [-0.4, -0.2) is 5.78 Å². The quantitative estimate of drug-likeness (QED) is 0.757. The van der Waals surface area contributed by atoms with Crippen LogP contribution in [0.1, 0.15) is 36.0 Å². The van der Waals surface area contributed by atoms with Crippen LogP contribution in [0.25, 0.3) is 0 Å². The standard InChI is InChI=1S/C12H12BrFO/c13-9-4-5-10(11(14)7-9)12(15)6-3-8-1-2-8/h4-5,7-8H,1-3,6H2. The van der Waals surface area contributed by atoms with Gasteiger partial charge in [-0.1, -0.05) is 28.8 Å². The van der Waals surface area contributed by atoms with E-state index in [1.807, 2.05) is 0 Å². The predicted octanol–water partition coefficient (Wildman–Crippen LogP) is 3.96. The Kier molecular flexibility index (Phi) is 3.19. The van der Waals surface area contributed by atoms with Crippen molar-refractivity contribution in [3.63, 3.8) is 0 Å². The van der Waals surface area contributed by atoms with Crippen molar-refractivity contribution in [2.45, 2.75) is 25.7 Å². The molecule has 0 bridgehead atoms. The summed E-state index contributed by atoms with van der Waals surface area (Å²) in [6.45, 7) is 0. The second-order valence-corrected chi connectivity index (χ2v) is 4.95. The fourth-order valence-electron chi connectivity index (χ4n) is 1.59. The molecule has 0 amide bonds. The van der Waals surface area contributed by atoms with E-state index in [0.29, 0.717) is 16.8 Å². The van der Waals surface area contributed by atoms with E-state index in [2.05, 4.69) is 15.9 Å². The maximum Gasteiger partial charge on any atom is 0.165 e. The second kappa shape index (κ2) is 4.44. The summed E-state index contributed by atoms with van der Waals surface area (Å²) in [7, 11) is 0. The van der Waals surface area contributed by atoms with E-state index in [9.17, 15) is 9.18 Å². The lowest BCUT2D eigenvalue weighted by Gasteiger charge is -2.02. The van der Waals surface area contributed by atoms with Crippen LogP contribution >= 0.6 is 15.9 Å². The van der Waals surface area contributed by atoms with Crippen molar-refractivity contribution in [3.8, 4) is 0 Å². The van der Waals surface area contributed by atoms with Crippen molar-refractivity contribution in [2.75, 3.05) is 0 Å². The summed E-state index contributed by atoms with van der Waals surface area (Å²) in [5, 5.41) is 0. The Morgan fingerprint density at radius 1 is 1.47 bits per heavy atom. The minimum absolute atomic E-state index is 0.0769. The summed E-state index contributed by atoms with van der Waals surface area (Å²) in [5.41, 5.74) is 0.221. The molecular weight excluding hydrogens is 259 g/mol. The average molecular weight is 271 g/mol. The summed E-state index contributed by atoms with van der Waals surface area (Å²) >= 11 is 3.17. The highest BCUT2D eigenvalue weighted by Crippen LogP contribution is 2.34. The Balaban J connectivity index is 2.03. The zero-order valence-corrected chi connectivity index (χ0v) is 9.89. The first-order valence-corrected chi connectivity index (χ1v) is 5.94. The van der Waals surface area contributed by atoms with Crippen LogP contribution in [0.4, 0.5) is 4.39 Å². The van der Waals surface area contributed by atoms with Crippen LogP contribution in [-0.2, 0) is 0 Å². The number of rotatable bonds is 4. The predicted molar refractivity (Wildman–Crippen MR) is 60.4 cm³/mol. The van der Waals surface area contributed by atoms with Gasteiger partial charge in [-0.25, -0.2) is 4.39 Å². The van der Waals surface area contributed by atoms with E-state index in [4.69, 9.17) is 0 Å². The van der Waals surface area contributed by atoms with Gasteiger partial charge in [-0.05, 0) is 30.5 Å². The highest BCUT2D eigenvalue weighted by molar-refractivity contribution is 9.10. The molecule has 2 rings (SSSR count). The van der Waals surface area contributed by atoms with Gasteiger partial charge in [0, 0.05) is 10.9 Å². The van der Waals surface area contributed by atoms with Crippen molar-refractivity contribution in [1.82, 2.24) is 0 Å². The highest BCUT2D eigenvalue weighted by atomic mass is 79.9.